The molecule has 1 aliphatic heterocycles. The van der Waals surface area contributed by atoms with Crippen LogP contribution in [-0.4, -0.2) is 35.6 Å². The van der Waals surface area contributed by atoms with Gasteiger partial charge in [0.05, 0.1) is 0 Å². The number of thioether (sulfide) groups is 1. The Morgan fingerprint density at radius 1 is 1.44 bits per heavy atom. The highest BCUT2D eigenvalue weighted by Gasteiger charge is 2.22. The SMILES string of the molecule is CC(C)(CCCNCC1CCSCC1)C(N)=NO. The summed E-state index contributed by atoms with van der Waals surface area (Å²) in [5.74, 6) is 3.83. The molecule has 1 rings (SSSR count). The Morgan fingerprint density at radius 3 is 2.72 bits per heavy atom. The molecule has 0 aromatic heterocycles. The van der Waals surface area contributed by atoms with Gasteiger partial charge in [0.2, 0.25) is 0 Å². The van der Waals surface area contributed by atoms with Crippen LogP contribution in [0, 0.1) is 11.3 Å². The van der Waals surface area contributed by atoms with E-state index in [2.05, 4.69) is 22.2 Å². The summed E-state index contributed by atoms with van der Waals surface area (Å²) in [6.45, 7) is 6.19. The van der Waals surface area contributed by atoms with Crippen molar-refractivity contribution in [3.05, 3.63) is 0 Å². The van der Waals surface area contributed by atoms with Crippen LogP contribution in [0.4, 0.5) is 0 Å². The van der Waals surface area contributed by atoms with E-state index in [4.69, 9.17) is 10.9 Å². The van der Waals surface area contributed by atoms with Crippen LogP contribution in [0.1, 0.15) is 39.5 Å². The second-order valence-corrected chi connectivity index (χ2v) is 6.96. The second kappa shape index (κ2) is 7.89. The van der Waals surface area contributed by atoms with Gasteiger partial charge in [0.25, 0.3) is 0 Å². The summed E-state index contributed by atoms with van der Waals surface area (Å²) in [4.78, 5) is 0. The summed E-state index contributed by atoms with van der Waals surface area (Å²) in [6.07, 6.45) is 4.71. The first-order chi connectivity index (χ1) is 8.56. The summed E-state index contributed by atoms with van der Waals surface area (Å²) >= 11 is 2.07. The lowest BCUT2D eigenvalue weighted by Gasteiger charge is -2.24. The van der Waals surface area contributed by atoms with Gasteiger partial charge in [-0.15, -0.1) is 0 Å². The average Bonchev–Trinajstić information content (AvgIpc) is 2.38. The van der Waals surface area contributed by atoms with E-state index in [0.717, 1.165) is 31.8 Å². The molecule has 1 aliphatic rings. The molecule has 0 spiro atoms. The van der Waals surface area contributed by atoms with Crippen molar-refractivity contribution in [1.82, 2.24) is 5.32 Å². The molecule has 0 atom stereocenters. The predicted molar refractivity (Wildman–Crippen MR) is 79.3 cm³/mol. The third-order valence-electron chi connectivity index (χ3n) is 3.73. The Labute approximate surface area is 115 Å². The first-order valence-corrected chi connectivity index (χ1v) is 7.98. The van der Waals surface area contributed by atoms with E-state index in [1.54, 1.807) is 0 Å². The van der Waals surface area contributed by atoms with Crippen LogP contribution < -0.4 is 11.1 Å². The number of hydrogen-bond donors (Lipinski definition) is 3. The van der Waals surface area contributed by atoms with Crippen LogP contribution >= 0.6 is 11.8 Å². The molecule has 0 radical (unpaired) electrons. The number of amidine groups is 1. The number of oxime groups is 1. The largest absolute Gasteiger partial charge is 0.409 e. The Kier molecular flexibility index (Phi) is 6.86. The van der Waals surface area contributed by atoms with Crippen molar-refractivity contribution in [3.8, 4) is 0 Å². The van der Waals surface area contributed by atoms with E-state index in [1.165, 1.54) is 24.3 Å². The first-order valence-electron chi connectivity index (χ1n) is 6.83. The molecule has 0 aliphatic carbocycles. The highest BCUT2D eigenvalue weighted by atomic mass is 32.2. The van der Waals surface area contributed by atoms with E-state index in [0.29, 0.717) is 5.84 Å². The summed E-state index contributed by atoms with van der Waals surface area (Å²) in [5, 5.41) is 15.3. The highest BCUT2D eigenvalue weighted by Crippen LogP contribution is 2.23. The van der Waals surface area contributed by atoms with Gasteiger partial charge < -0.3 is 16.3 Å². The maximum atomic E-state index is 8.69. The van der Waals surface area contributed by atoms with Crippen LogP contribution in [0.5, 0.6) is 0 Å². The molecule has 5 heteroatoms. The van der Waals surface area contributed by atoms with Gasteiger partial charge in [-0.2, -0.15) is 11.8 Å². The van der Waals surface area contributed by atoms with E-state index in [-0.39, 0.29) is 5.41 Å². The van der Waals surface area contributed by atoms with Crippen molar-refractivity contribution in [2.45, 2.75) is 39.5 Å². The minimum Gasteiger partial charge on any atom is -0.409 e. The molecular formula is C13H27N3OS. The minimum atomic E-state index is -0.210. The number of nitrogens with zero attached hydrogens (tertiary/aromatic N) is 1. The lowest BCUT2D eigenvalue weighted by atomic mass is 9.86. The fraction of sp³-hybridized carbons (Fsp3) is 0.923. The van der Waals surface area contributed by atoms with Crippen molar-refractivity contribution >= 4 is 17.6 Å². The summed E-state index contributed by atoms with van der Waals surface area (Å²) < 4.78 is 0. The Balaban J connectivity index is 2.07. The maximum Gasteiger partial charge on any atom is 0.144 e. The number of nitrogens with two attached hydrogens (primary N) is 1. The van der Waals surface area contributed by atoms with Gasteiger partial charge in [-0.1, -0.05) is 19.0 Å². The van der Waals surface area contributed by atoms with Crippen LogP contribution in [0.15, 0.2) is 5.16 Å². The van der Waals surface area contributed by atoms with Crippen molar-refractivity contribution in [3.63, 3.8) is 0 Å². The summed E-state index contributed by atoms with van der Waals surface area (Å²) in [5.41, 5.74) is 5.45. The fourth-order valence-electron chi connectivity index (χ4n) is 2.18. The van der Waals surface area contributed by atoms with Gasteiger partial charge in [0.1, 0.15) is 5.84 Å². The number of hydrogen-bond acceptors (Lipinski definition) is 4. The fourth-order valence-corrected chi connectivity index (χ4v) is 3.38. The number of rotatable bonds is 7. The molecule has 0 aromatic carbocycles. The molecule has 0 bridgehead atoms. The second-order valence-electron chi connectivity index (χ2n) is 5.73. The Hall–Kier alpha value is -0.420. The van der Waals surface area contributed by atoms with Crippen molar-refractivity contribution in [2.24, 2.45) is 22.2 Å². The van der Waals surface area contributed by atoms with Gasteiger partial charge in [-0.25, -0.2) is 0 Å². The van der Waals surface area contributed by atoms with Crippen LogP contribution in [0.25, 0.3) is 0 Å². The smallest absolute Gasteiger partial charge is 0.144 e. The molecular weight excluding hydrogens is 246 g/mol. The zero-order chi connectivity index (χ0) is 13.4. The minimum absolute atomic E-state index is 0.210. The average molecular weight is 273 g/mol. The topological polar surface area (TPSA) is 70.6 Å². The molecule has 0 unspecified atom stereocenters. The highest BCUT2D eigenvalue weighted by molar-refractivity contribution is 7.99. The van der Waals surface area contributed by atoms with Gasteiger partial charge in [0, 0.05) is 5.41 Å². The number of nitrogens with one attached hydrogen (secondary N) is 1. The lowest BCUT2D eigenvalue weighted by molar-refractivity contribution is 0.304. The molecule has 4 N–H and O–H groups in total. The van der Waals surface area contributed by atoms with Crippen LogP contribution in [0.3, 0.4) is 0 Å². The van der Waals surface area contributed by atoms with E-state index < -0.39 is 0 Å². The molecule has 18 heavy (non-hydrogen) atoms. The summed E-state index contributed by atoms with van der Waals surface area (Å²) in [7, 11) is 0. The third kappa shape index (κ3) is 5.48. The van der Waals surface area contributed by atoms with E-state index >= 15 is 0 Å². The maximum absolute atomic E-state index is 8.69. The first kappa shape index (κ1) is 15.6. The molecule has 0 amide bonds. The molecule has 1 saturated heterocycles. The Bertz CT molecular complexity index is 263. The molecule has 106 valence electrons. The monoisotopic (exact) mass is 273 g/mol. The van der Waals surface area contributed by atoms with E-state index in [1.807, 2.05) is 13.8 Å². The van der Waals surface area contributed by atoms with Crippen LogP contribution in [0.2, 0.25) is 0 Å². The van der Waals surface area contributed by atoms with Gasteiger partial charge in [0.15, 0.2) is 0 Å². The van der Waals surface area contributed by atoms with Crippen molar-refractivity contribution in [2.75, 3.05) is 24.6 Å². The lowest BCUT2D eigenvalue weighted by Crippen LogP contribution is -2.33. The Morgan fingerprint density at radius 2 is 2.11 bits per heavy atom. The zero-order valence-electron chi connectivity index (χ0n) is 11.6. The predicted octanol–water partition coefficient (Wildman–Crippen LogP) is 2.27. The van der Waals surface area contributed by atoms with Crippen LogP contribution in [-0.2, 0) is 0 Å². The molecule has 0 saturated carbocycles. The van der Waals surface area contributed by atoms with Gasteiger partial charge >= 0.3 is 0 Å². The van der Waals surface area contributed by atoms with Gasteiger partial charge in [-0.05, 0) is 56.2 Å². The normalized spacial score (nSPS) is 19.1. The zero-order valence-corrected chi connectivity index (χ0v) is 12.4. The van der Waals surface area contributed by atoms with E-state index in [9.17, 15) is 0 Å². The van der Waals surface area contributed by atoms with Gasteiger partial charge in [-0.3, -0.25) is 0 Å². The molecule has 0 aromatic rings. The molecule has 1 heterocycles. The van der Waals surface area contributed by atoms with Crippen molar-refractivity contribution < 1.29 is 5.21 Å². The third-order valence-corrected chi connectivity index (χ3v) is 4.78. The summed E-state index contributed by atoms with van der Waals surface area (Å²) in [6, 6.07) is 0. The molecule has 4 nitrogen and oxygen atoms in total. The standard InChI is InChI=1S/C13H27N3OS/c1-13(2,12(14)16-17)6-3-7-15-10-11-4-8-18-9-5-11/h11,15,17H,3-10H2,1-2H3,(H2,14,16). The van der Waals surface area contributed by atoms with Crippen molar-refractivity contribution in [1.29, 1.82) is 0 Å². The quantitative estimate of drug-likeness (QED) is 0.219. The molecule has 1 fully saturated rings.